The number of nitrogens with one attached hydrogen (secondary N) is 1. The highest BCUT2D eigenvalue weighted by Gasteiger charge is 2.05. The van der Waals surface area contributed by atoms with E-state index in [-0.39, 0.29) is 0 Å². The molecule has 3 heteroatoms. The molecule has 2 aromatic rings. The molecule has 0 radical (unpaired) electrons. The molecular weight excluding hydrogens is 212 g/mol. The van der Waals surface area contributed by atoms with E-state index in [0.29, 0.717) is 6.41 Å². The van der Waals surface area contributed by atoms with Crippen molar-refractivity contribution in [2.24, 2.45) is 5.10 Å². The highest BCUT2D eigenvalue weighted by molar-refractivity contribution is 6.12. The van der Waals surface area contributed by atoms with Crippen LogP contribution in [0.5, 0.6) is 0 Å². The smallest absolute Gasteiger partial charge is 0.227 e. The van der Waals surface area contributed by atoms with E-state index in [0.717, 1.165) is 16.8 Å². The largest absolute Gasteiger partial charge is 0.277 e. The lowest BCUT2D eigenvalue weighted by atomic mass is 10.0. The van der Waals surface area contributed by atoms with Crippen molar-refractivity contribution in [3.05, 3.63) is 71.8 Å². The Labute approximate surface area is 99.8 Å². The van der Waals surface area contributed by atoms with Gasteiger partial charge in [-0.15, -0.1) is 0 Å². The van der Waals surface area contributed by atoms with Crippen molar-refractivity contribution < 1.29 is 4.79 Å². The topological polar surface area (TPSA) is 41.5 Å². The summed E-state index contributed by atoms with van der Waals surface area (Å²) in [6.45, 7) is 0. The van der Waals surface area contributed by atoms with Gasteiger partial charge >= 0.3 is 0 Å². The van der Waals surface area contributed by atoms with E-state index in [1.54, 1.807) is 0 Å². The summed E-state index contributed by atoms with van der Waals surface area (Å²) in [6, 6.07) is 19.5. The van der Waals surface area contributed by atoms with Crippen LogP contribution in [0, 0.1) is 0 Å². The molecule has 0 aliphatic heterocycles. The molecule has 0 bridgehead atoms. The van der Waals surface area contributed by atoms with Gasteiger partial charge in [-0.05, 0) is 0 Å². The van der Waals surface area contributed by atoms with Gasteiger partial charge in [0.15, 0.2) is 0 Å². The van der Waals surface area contributed by atoms with E-state index in [1.807, 2.05) is 60.7 Å². The molecule has 0 atom stereocenters. The van der Waals surface area contributed by atoms with Gasteiger partial charge in [0.05, 0.1) is 5.71 Å². The number of carbonyl (C=O) groups is 1. The summed E-state index contributed by atoms with van der Waals surface area (Å²) in [6.07, 6.45) is 0.561. The molecule has 0 aromatic heterocycles. The third-order valence-electron chi connectivity index (χ3n) is 2.32. The first-order chi connectivity index (χ1) is 8.42. The minimum Gasteiger partial charge on any atom is -0.277 e. The number of hydrogen-bond acceptors (Lipinski definition) is 2. The minimum atomic E-state index is 0.561. The maximum absolute atomic E-state index is 10.4. The Balaban J connectivity index is 2.43. The summed E-state index contributed by atoms with van der Waals surface area (Å²) < 4.78 is 0. The first kappa shape index (κ1) is 11.1. The third kappa shape index (κ3) is 2.78. The maximum atomic E-state index is 10.4. The standard InChI is InChI=1S/C14H12N2O/c17-11-15-16-14(12-7-3-1-4-8-12)13-9-5-2-6-10-13/h1-11H,(H,15,17). The molecule has 2 aromatic carbocycles. The van der Waals surface area contributed by atoms with Gasteiger partial charge in [0.1, 0.15) is 0 Å². The van der Waals surface area contributed by atoms with Crippen LogP contribution in [0.3, 0.4) is 0 Å². The summed E-state index contributed by atoms with van der Waals surface area (Å²) in [5.74, 6) is 0. The molecule has 0 spiro atoms. The molecule has 2 rings (SSSR count). The number of amides is 1. The van der Waals surface area contributed by atoms with Crippen molar-refractivity contribution in [3.8, 4) is 0 Å². The molecule has 84 valence electrons. The van der Waals surface area contributed by atoms with Crippen LogP contribution in [0.25, 0.3) is 0 Å². The number of hydrogen-bond donors (Lipinski definition) is 1. The number of rotatable bonds is 4. The first-order valence-electron chi connectivity index (χ1n) is 5.29. The van der Waals surface area contributed by atoms with Crippen LogP contribution in [0.15, 0.2) is 65.8 Å². The van der Waals surface area contributed by atoms with Crippen molar-refractivity contribution in [2.45, 2.75) is 0 Å². The fourth-order valence-electron chi connectivity index (χ4n) is 1.58. The predicted molar refractivity (Wildman–Crippen MR) is 67.7 cm³/mol. The molecule has 0 aliphatic carbocycles. The van der Waals surface area contributed by atoms with Gasteiger partial charge in [-0.1, -0.05) is 60.7 Å². The van der Waals surface area contributed by atoms with Crippen LogP contribution < -0.4 is 5.43 Å². The zero-order valence-corrected chi connectivity index (χ0v) is 9.21. The van der Waals surface area contributed by atoms with Crippen LogP contribution in [0.2, 0.25) is 0 Å². The van der Waals surface area contributed by atoms with Gasteiger partial charge in [0.25, 0.3) is 0 Å². The average molecular weight is 224 g/mol. The van der Waals surface area contributed by atoms with Crippen LogP contribution in [0.4, 0.5) is 0 Å². The zero-order valence-electron chi connectivity index (χ0n) is 9.21. The quantitative estimate of drug-likeness (QED) is 0.482. The van der Waals surface area contributed by atoms with Gasteiger partial charge in [-0.25, -0.2) is 5.43 Å². The average Bonchev–Trinajstić information content (AvgIpc) is 2.42. The van der Waals surface area contributed by atoms with Crippen LogP contribution in [-0.4, -0.2) is 12.1 Å². The van der Waals surface area contributed by atoms with Crippen molar-refractivity contribution in [2.75, 3.05) is 0 Å². The number of carbonyl (C=O) groups excluding carboxylic acids is 1. The second-order valence-electron chi connectivity index (χ2n) is 3.44. The normalized spacial score (nSPS) is 9.41. The minimum absolute atomic E-state index is 0.561. The van der Waals surface area contributed by atoms with Crippen LogP contribution in [0.1, 0.15) is 11.1 Å². The summed E-state index contributed by atoms with van der Waals surface area (Å²) in [5.41, 5.74) is 5.03. The Morgan fingerprint density at radius 3 is 1.76 bits per heavy atom. The SMILES string of the molecule is O=CNN=C(c1ccccc1)c1ccccc1. The highest BCUT2D eigenvalue weighted by Crippen LogP contribution is 2.09. The lowest BCUT2D eigenvalue weighted by Gasteiger charge is -2.06. The fraction of sp³-hybridized carbons (Fsp3) is 0. The second kappa shape index (κ2) is 5.61. The lowest BCUT2D eigenvalue weighted by Crippen LogP contribution is -2.10. The molecule has 1 amide bonds. The number of benzene rings is 2. The van der Waals surface area contributed by atoms with Gasteiger partial charge in [0.2, 0.25) is 6.41 Å². The van der Waals surface area contributed by atoms with Crippen LogP contribution >= 0.6 is 0 Å². The van der Waals surface area contributed by atoms with E-state index in [1.165, 1.54) is 0 Å². The Hall–Kier alpha value is -2.42. The summed E-state index contributed by atoms with van der Waals surface area (Å²) in [4.78, 5) is 10.4. The fourth-order valence-corrected chi connectivity index (χ4v) is 1.58. The molecule has 0 saturated carbocycles. The predicted octanol–water partition coefficient (Wildman–Crippen LogP) is 2.18. The van der Waals surface area contributed by atoms with E-state index in [9.17, 15) is 4.79 Å². The monoisotopic (exact) mass is 224 g/mol. The summed E-state index contributed by atoms with van der Waals surface area (Å²) >= 11 is 0. The zero-order chi connectivity index (χ0) is 11.9. The van der Waals surface area contributed by atoms with E-state index in [4.69, 9.17) is 0 Å². The van der Waals surface area contributed by atoms with Crippen molar-refractivity contribution >= 4 is 12.1 Å². The maximum Gasteiger partial charge on any atom is 0.227 e. The molecule has 0 saturated heterocycles. The van der Waals surface area contributed by atoms with Gasteiger partial charge in [-0.2, -0.15) is 5.10 Å². The van der Waals surface area contributed by atoms with Crippen molar-refractivity contribution in [3.63, 3.8) is 0 Å². The molecule has 0 unspecified atom stereocenters. The van der Waals surface area contributed by atoms with Gasteiger partial charge < -0.3 is 0 Å². The van der Waals surface area contributed by atoms with Crippen molar-refractivity contribution in [1.82, 2.24) is 5.43 Å². The molecule has 1 N–H and O–H groups in total. The number of nitrogens with zero attached hydrogens (tertiary/aromatic N) is 1. The molecule has 0 heterocycles. The Kier molecular flexibility index (Phi) is 3.65. The highest BCUT2D eigenvalue weighted by atomic mass is 16.1. The molecule has 17 heavy (non-hydrogen) atoms. The second-order valence-corrected chi connectivity index (χ2v) is 3.44. The molecular formula is C14H12N2O. The summed E-state index contributed by atoms with van der Waals surface area (Å²) in [5, 5.41) is 4.08. The van der Waals surface area contributed by atoms with E-state index >= 15 is 0 Å². The molecule has 0 fully saturated rings. The molecule has 3 nitrogen and oxygen atoms in total. The van der Waals surface area contributed by atoms with Gasteiger partial charge in [-0.3, -0.25) is 4.79 Å². The van der Waals surface area contributed by atoms with Crippen molar-refractivity contribution in [1.29, 1.82) is 0 Å². The van der Waals surface area contributed by atoms with Crippen LogP contribution in [-0.2, 0) is 4.79 Å². The Bertz CT molecular complexity index is 465. The Morgan fingerprint density at radius 2 is 1.35 bits per heavy atom. The van der Waals surface area contributed by atoms with E-state index in [2.05, 4.69) is 10.5 Å². The summed E-state index contributed by atoms with van der Waals surface area (Å²) in [7, 11) is 0. The van der Waals surface area contributed by atoms with Gasteiger partial charge in [0, 0.05) is 11.1 Å². The lowest BCUT2D eigenvalue weighted by molar-refractivity contribution is -0.109. The third-order valence-corrected chi connectivity index (χ3v) is 2.32. The molecule has 0 aliphatic rings. The first-order valence-corrected chi connectivity index (χ1v) is 5.29. The van der Waals surface area contributed by atoms with E-state index < -0.39 is 0 Å². The Morgan fingerprint density at radius 1 is 0.882 bits per heavy atom. The number of hydrazone groups is 1.